The lowest BCUT2D eigenvalue weighted by molar-refractivity contribution is -0.118. The Morgan fingerprint density at radius 2 is 1.80 bits per heavy atom. The fraction of sp³-hybridized carbons (Fsp3) is 0.455. The predicted octanol–water partition coefficient (Wildman–Crippen LogP) is 4.57. The van der Waals surface area contributed by atoms with Crippen LogP contribution in [0.3, 0.4) is 0 Å². The molecule has 0 fully saturated rings. The van der Waals surface area contributed by atoms with E-state index in [1.54, 1.807) is 0 Å². The largest absolute Gasteiger partial charge is 0.294 e. The number of carbonyl (C=O) groups excluding carboxylic acids is 1. The van der Waals surface area contributed by atoms with E-state index in [1.165, 1.54) is 22.3 Å². The van der Waals surface area contributed by atoms with Crippen molar-refractivity contribution in [3.05, 3.63) is 63.5 Å². The molecule has 0 bridgehead atoms. The molecule has 0 aliphatic heterocycles. The molecule has 2 aromatic rings. The first-order valence-corrected chi connectivity index (χ1v) is 9.10. The molecule has 0 saturated carbocycles. The summed E-state index contributed by atoms with van der Waals surface area (Å²) in [4.78, 5) is 13.3. The number of hydrogen-bond donors (Lipinski definition) is 1. The fourth-order valence-electron chi connectivity index (χ4n) is 5.23. The average molecular weight is 334 g/mol. The van der Waals surface area contributed by atoms with E-state index >= 15 is 0 Å². The van der Waals surface area contributed by atoms with Gasteiger partial charge in [0.1, 0.15) is 0 Å². The number of Topliss-reactive ketones (excluding diaryl/α,β-unsaturated/α-hetero) is 1. The number of allylic oxidation sites excluding steroid dienone is 2. The van der Waals surface area contributed by atoms with Gasteiger partial charge in [-0.3, -0.25) is 9.89 Å². The Morgan fingerprint density at radius 1 is 1.08 bits per heavy atom. The van der Waals surface area contributed by atoms with Crippen LogP contribution in [0.25, 0.3) is 0 Å². The van der Waals surface area contributed by atoms with Crippen molar-refractivity contribution in [3.63, 3.8) is 0 Å². The third kappa shape index (κ3) is 2.25. The maximum absolute atomic E-state index is 13.3. The van der Waals surface area contributed by atoms with Gasteiger partial charge in [0.15, 0.2) is 5.78 Å². The number of rotatable bonds is 1. The van der Waals surface area contributed by atoms with Gasteiger partial charge in [0.2, 0.25) is 0 Å². The van der Waals surface area contributed by atoms with Crippen LogP contribution in [0, 0.1) is 19.3 Å². The summed E-state index contributed by atoms with van der Waals surface area (Å²) >= 11 is 0. The SMILES string of the molecule is Cc1ccccc1[C@]1(C)C2=C(Cc3n[nH]c(C)c31)CC(C)(C)CC2=O. The van der Waals surface area contributed by atoms with Gasteiger partial charge in [0.25, 0.3) is 0 Å². The van der Waals surface area contributed by atoms with Gasteiger partial charge in [-0.15, -0.1) is 0 Å². The van der Waals surface area contributed by atoms with Gasteiger partial charge < -0.3 is 0 Å². The van der Waals surface area contributed by atoms with Crippen LogP contribution in [-0.2, 0) is 16.6 Å². The highest BCUT2D eigenvalue weighted by Gasteiger charge is 2.49. The number of nitrogens with one attached hydrogen (secondary N) is 1. The van der Waals surface area contributed by atoms with E-state index in [2.05, 4.69) is 69.1 Å². The Hall–Kier alpha value is -2.16. The third-order valence-electron chi connectivity index (χ3n) is 6.05. The van der Waals surface area contributed by atoms with Crippen molar-refractivity contribution < 1.29 is 4.79 Å². The molecule has 0 radical (unpaired) electrons. The van der Waals surface area contributed by atoms with Gasteiger partial charge in [-0.05, 0) is 43.7 Å². The van der Waals surface area contributed by atoms with Crippen molar-refractivity contribution >= 4 is 5.78 Å². The topological polar surface area (TPSA) is 45.8 Å². The Balaban J connectivity index is 2.05. The minimum Gasteiger partial charge on any atom is -0.294 e. The van der Waals surface area contributed by atoms with Gasteiger partial charge in [-0.25, -0.2) is 0 Å². The summed E-state index contributed by atoms with van der Waals surface area (Å²) in [5.74, 6) is 0.309. The molecule has 1 aromatic heterocycles. The maximum Gasteiger partial charge on any atom is 0.160 e. The van der Waals surface area contributed by atoms with E-state index in [4.69, 9.17) is 0 Å². The zero-order valence-electron chi connectivity index (χ0n) is 15.8. The number of hydrogen-bond acceptors (Lipinski definition) is 2. The quantitative estimate of drug-likeness (QED) is 0.830. The Morgan fingerprint density at radius 3 is 2.52 bits per heavy atom. The highest BCUT2D eigenvalue weighted by atomic mass is 16.1. The van der Waals surface area contributed by atoms with Crippen molar-refractivity contribution in [3.8, 4) is 0 Å². The lowest BCUT2D eigenvalue weighted by Gasteiger charge is -2.44. The van der Waals surface area contributed by atoms with Gasteiger partial charge in [0, 0.05) is 35.1 Å². The van der Waals surface area contributed by atoms with Crippen molar-refractivity contribution in [2.45, 2.75) is 59.3 Å². The van der Waals surface area contributed by atoms with Crippen LogP contribution < -0.4 is 0 Å². The molecule has 0 unspecified atom stereocenters. The van der Waals surface area contributed by atoms with E-state index in [0.717, 1.165) is 29.8 Å². The third-order valence-corrected chi connectivity index (χ3v) is 6.05. The second-order valence-corrected chi connectivity index (χ2v) is 8.71. The lowest BCUT2D eigenvalue weighted by atomic mass is 9.58. The first-order chi connectivity index (χ1) is 11.7. The number of ketones is 1. The maximum atomic E-state index is 13.3. The molecule has 2 aliphatic carbocycles. The average Bonchev–Trinajstić information content (AvgIpc) is 2.87. The Labute approximate surface area is 149 Å². The van der Waals surface area contributed by atoms with Gasteiger partial charge in [0.05, 0.1) is 5.69 Å². The molecule has 3 heteroatoms. The standard InChI is InChI=1S/C22H26N2O/c1-13-8-6-7-9-16(13)22(5)19-14(2)23-24-17(19)10-15-11-21(3,4)12-18(25)20(15)22/h6-9H,10-12H2,1-5H3,(H,23,24)/t22-/m0/s1. The van der Waals surface area contributed by atoms with Crippen molar-refractivity contribution in [2.24, 2.45) is 5.41 Å². The normalized spacial score (nSPS) is 24.9. The summed E-state index contributed by atoms with van der Waals surface area (Å²) in [6.45, 7) is 10.8. The van der Waals surface area contributed by atoms with Gasteiger partial charge in [-0.1, -0.05) is 43.7 Å². The minimum atomic E-state index is -0.418. The Bertz CT molecular complexity index is 916. The van der Waals surface area contributed by atoms with Crippen molar-refractivity contribution in [1.82, 2.24) is 10.2 Å². The monoisotopic (exact) mass is 334 g/mol. The molecule has 3 nitrogen and oxygen atoms in total. The minimum absolute atomic E-state index is 0.0331. The van der Waals surface area contributed by atoms with Crippen molar-refractivity contribution in [1.29, 1.82) is 0 Å². The molecule has 0 saturated heterocycles. The molecule has 1 atom stereocenters. The fourth-order valence-corrected chi connectivity index (χ4v) is 5.23. The van der Waals surface area contributed by atoms with Crippen LogP contribution in [0.4, 0.5) is 0 Å². The molecule has 1 heterocycles. The lowest BCUT2D eigenvalue weighted by Crippen LogP contribution is -2.41. The number of carbonyl (C=O) groups is 1. The number of aryl methyl sites for hydroxylation is 2. The van der Waals surface area contributed by atoms with Gasteiger partial charge in [-0.2, -0.15) is 5.10 Å². The second-order valence-electron chi connectivity index (χ2n) is 8.71. The zero-order chi connectivity index (χ0) is 18.0. The summed E-state index contributed by atoms with van der Waals surface area (Å²) in [6, 6.07) is 8.46. The van der Waals surface area contributed by atoms with Crippen LogP contribution in [0.1, 0.15) is 61.7 Å². The number of aromatic nitrogens is 2. The van der Waals surface area contributed by atoms with Gasteiger partial charge >= 0.3 is 0 Å². The van der Waals surface area contributed by atoms with Crippen molar-refractivity contribution in [2.75, 3.05) is 0 Å². The summed E-state index contributed by atoms with van der Waals surface area (Å²) in [5.41, 5.74) is 7.75. The first kappa shape index (κ1) is 16.3. The van der Waals surface area contributed by atoms with Crippen LogP contribution >= 0.6 is 0 Å². The molecule has 25 heavy (non-hydrogen) atoms. The van der Waals surface area contributed by atoms with E-state index < -0.39 is 5.41 Å². The zero-order valence-corrected chi connectivity index (χ0v) is 15.8. The first-order valence-electron chi connectivity index (χ1n) is 9.10. The summed E-state index contributed by atoms with van der Waals surface area (Å²) < 4.78 is 0. The highest BCUT2D eigenvalue weighted by Crippen LogP contribution is 2.53. The molecule has 1 N–H and O–H groups in total. The molecular weight excluding hydrogens is 308 g/mol. The summed E-state index contributed by atoms with van der Waals surface area (Å²) in [5, 5.41) is 7.78. The van der Waals surface area contributed by atoms with Crippen LogP contribution in [0.5, 0.6) is 0 Å². The molecular formula is C22H26N2O. The molecule has 2 aliphatic rings. The molecule has 1 aromatic carbocycles. The van der Waals surface area contributed by atoms with E-state index in [9.17, 15) is 4.79 Å². The summed E-state index contributed by atoms with van der Waals surface area (Å²) in [7, 11) is 0. The van der Waals surface area contributed by atoms with Crippen LogP contribution in [0.15, 0.2) is 35.4 Å². The number of aromatic amines is 1. The number of nitrogens with zero attached hydrogens (tertiary/aromatic N) is 1. The number of fused-ring (bicyclic) bond motifs is 1. The van der Waals surface area contributed by atoms with E-state index in [0.29, 0.717) is 12.2 Å². The Kier molecular flexibility index (Phi) is 3.37. The van der Waals surface area contributed by atoms with Crippen LogP contribution in [0.2, 0.25) is 0 Å². The van der Waals surface area contributed by atoms with E-state index in [1.807, 2.05) is 0 Å². The number of benzene rings is 1. The van der Waals surface area contributed by atoms with Crippen LogP contribution in [-0.4, -0.2) is 16.0 Å². The smallest absolute Gasteiger partial charge is 0.160 e. The molecule has 0 spiro atoms. The molecule has 0 amide bonds. The number of H-pyrrole nitrogens is 1. The van der Waals surface area contributed by atoms with E-state index in [-0.39, 0.29) is 5.41 Å². The molecule has 4 rings (SSSR count). The highest BCUT2D eigenvalue weighted by molar-refractivity contribution is 6.01. The summed E-state index contributed by atoms with van der Waals surface area (Å²) in [6.07, 6.45) is 2.39. The predicted molar refractivity (Wildman–Crippen MR) is 99.7 cm³/mol. The molecule has 130 valence electrons. The second kappa shape index (κ2) is 5.17.